The van der Waals surface area contributed by atoms with Gasteiger partial charge in [-0.15, -0.1) is 0 Å². The zero-order valence-corrected chi connectivity index (χ0v) is 10.2. The summed E-state index contributed by atoms with van der Waals surface area (Å²) < 4.78 is 0. The Morgan fingerprint density at radius 3 is 2.35 bits per heavy atom. The Kier molecular flexibility index (Phi) is 4.22. The molecule has 1 aliphatic heterocycles. The van der Waals surface area contributed by atoms with Gasteiger partial charge in [-0.25, -0.2) is 0 Å². The van der Waals surface area contributed by atoms with Crippen molar-refractivity contribution in [2.45, 2.75) is 38.7 Å². The quantitative estimate of drug-likeness (QED) is 0.631. The van der Waals surface area contributed by atoms with E-state index in [0.29, 0.717) is 0 Å². The standard InChI is InChI=1S/C11H18N2O4/c1-11(2,17)7-12-8(14)5-6-13-9(15)3-4-10(13)16/h17H,3-7H2,1-2H3,(H,12,14). The van der Waals surface area contributed by atoms with E-state index < -0.39 is 5.60 Å². The predicted octanol–water partition coefficient (Wildman–Crippen LogP) is -0.587. The number of hydrogen-bond donors (Lipinski definition) is 2. The molecule has 1 saturated heterocycles. The Labute approximate surface area is 100.0 Å². The number of carbonyl (C=O) groups is 3. The van der Waals surface area contributed by atoms with Crippen molar-refractivity contribution in [3.8, 4) is 0 Å². The molecule has 1 fully saturated rings. The van der Waals surface area contributed by atoms with E-state index in [1.165, 1.54) is 0 Å². The maximum atomic E-state index is 11.4. The van der Waals surface area contributed by atoms with Gasteiger partial charge in [0.25, 0.3) is 0 Å². The molecule has 1 rings (SSSR count). The topological polar surface area (TPSA) is 86.7 Å². The minimum atomic E-state index is -0.963. The first-order chi connectivity index (χ1) is 7.79. The third kappa shape index (κ3) is 4.52. The summed E-state index contributed by atoms with van der Waals surface area (Å²) in [5.41, 5.74) is -0.963. The molecular formula is C11H18N2O4. The Morgan fingerprint density at radius 2 is 1.88 bits per heavy atom. The molecule has 0 radical (unpaired) electrons. The smallest absolute Gasteiger partial charge is 0.229 e. The van der Waals surface area contributed by atoms with E-state index in [2.05, 4.69) is 5.32 Å². The number of aliphatic hydroxyl groups is 1. The predicted molar refractivity (Wildman–Crippen MR) is 59.9 cm³/mol. The average molecular weight is 242 g/mol. The molecule has 0 aromatic rings. The van der Waals surface area contributed by atoms with E-state index in [9.17, 15) is 19.5 Å². The van der Waals surface area contributed by atoms with Crippen LogP contribution in [0.15, 0.2) is 0 Å². The van der Waals surface area contributed by atoms with Crippen molar-refractivity contribution >= 4 is 17.7 Å². The van der Waals surface area contributed by atoms with Gasteiger partial charge in [0.2, 0.25) is 17.7 Å². The number of likely N-dealkylation sites (tertiary alicyclic amines) is 1. The number of rotatable bonds is 5. The van der Waals surface area contributed by atoms with Crippen molar-refractivity contribution in [2.75, 3.05) is 13.1 Å². The summed E-state index contributed by atoms with van der Waals surface area (Å²) in [5.74, 6) is -0.713. The minimum absolute atomic E-state index is 0.0769. The number of hydrogen-bond acceptors (Lipinski definition) is 4. The molecule has 0 atom stereocenters. The lowest BCUT2D eigenvalue weighted by Gasteiger charge is -2.18. The zero-order chi connectivity index (χ0) is 13.1. The normalized spacial score (nSPS) is 16.5. The lowest BCUT2D eigenvalue weighted by atomic mass is 10.1. The monoisotopic (exact) mass is 242 g/mol. The van der Waals surface area contributed by atoms with Gasteiger partial charge in [0.05, 0.1) is 5.60 Å². The number of carbonyl (C=O) groups excluding carboxylic acids is 3. The molecule has 0 aromatic carbocycles. The Hall–Kier alpha value is -1.43. The van der Waals surface area contributed by atoms with Gasteiger partial charge in [-0.2, -0.15) is 0 Å². The van der Waals surface area contributed by atoms with Gasteiger partial charge >= 0.3 is 0 Å². The third-order valence-electron chi connectivity index (χ3n) is 2.44. The molecule has 6 nitrogen and oxygen atoms in total. The summed E-state index contributed by atoms with van der Waals surface area (Å²) in [4.78, 5) is 35.0. The fraction of sp³-hybridized carbons (Fsp3) is 0.727. The minimum Gasteiger partial charge on any atom is -0.389 e. The molecule has 0 aliphatic carbocycles. The number of nitrogens with zero attached hydrogens (tertiary/aromatic N) is 1. The molecule has 0 aromatic heterocycles. The van der Waals surface area contributed by atoms with E-state index in [-0.39, 0.29) is 50.1 Å². The van der Waals surface area contributed by atoms with Crippen LogP contribution in [0.2, 0.25) is 0 Å². The largest absolute Gasteiger partial charge is 0.389 e. The lowest BCUT2D eigenvalue weighted by Crippen LogP contribution is -2.40. The maximum Gasteiger partial charge on any atom is 0.229 e. The van der Waals surface area contributed by atoms with E-state index in [1.54, 1.807) is 13.8 Å². The Balaban J connectivity index is 2.29. The molecule has 1 heterocycles. The Bertz CT molecular complexity index is 317. The zero-order valence-electron chi connectivity index (χ0n) is 10.2. The van der Waals surface area contributed by atoms with E-state index in [1.807, 2.05) is 0 Å². The highest BCUT2D eigenvalue weighted by atomic mass is 16.3. The van der Waals surface area contributed by atoms with Crippen LogP contribution in [0.25, 0.3) is 0 Å². The highest BCUT2D eigenvalue weighted by Crippen LogP contribution is 2.11. The first-order valence-electron chi connectivity index (χ1n) is 5.62. The van der Waals surface area contributed by atoms with E-state index >= 15 is 0 Å². The van der Waals surface area contributed by atoms with E-state index in [0.717, 1.165) is 4.90 Å². The summed E-state index contributed by atoms with van der Waals surface area (Å²) in [6.45, 7) is 3.44. The van der Waals surface area contributed by atoms with Crippen molar-refractivity contribution in [1.82, 2.24) is 10.2 Å². The van der Waals surface area contributed by atoms with Crippen molar-refractivity contribution in [3.63, 3.8) is 0 Å². The molecule has 96 valence electrons. The van der Waals surface area contributed by atoms with E-state index in [4.69, 9.17) is 0 Å². The summed E-state index contributed by atoms with van der Waals surface area (Å²) >= 11 is 0. The van der Waals surface area contributed by atoms with Crippen molar-refractivity contribution in [2.24, 2.45) is 0 Å². The maximum absolute atomic E-state index is 11.4. The van der Waals surface area contributed by atoms with Gasteiger partial charge in [-0.1, -0.05) is 0 Å². The summed E-state index contributed by atoms with van der Waals surface area (Å²) in [6.07, 6.45) is 0.557. The van der Waals surface area contributed by atoms with Crippen LogP contribution >= 0.6 is 0 Å². The lowest BCUT2D eigenvalue weighted by molar-refractivity contribution is -0.138. The van der Waals surface area contributed by atoms with Crippen LogP contribution in [0.5, 0.6) is 0 Å². The van der Waals surface area contributed by atoms with Gasteiger partial charge in [-0.3, -0.25) is 19.3 Å². The van der Waals surface area contributed by atoms with Crippen LogP contribution in [0.1, 0.15) is 33.1 Å². The van der Waals surface area contributed by atoms with Crippen molar-refractivity contribution < 1.29 is 19.5 Å². The van der Waals surface area contributed by atoms with Gasteiger partial charge in [-0.05, 0) is 13.8 Å². The highest BCUT2D eigenvalue weighted by molar-refractivity contribution is 6.02. The van der Waals surface area contributed by atoms with Crippen LogP contribution in [0.3, 0.4) is 0 Å². The number of imide groups is 1. The first-order valence-corrected chi connectivity index (χ1v) is 5.62. The Morgan fingerprint density at radius 1 is 1.35 bits per heavy atom. The SMILES string of the molecule is CC(C)(O)CNC(=O)CCN1C(=O)CCC1=O. The van der Waals surface area contributed by atoms with Gasteiger partial charge in [0.1, 0.15) is 0 Å². The molecule has 0 unspecified atom stereocenters. The summed E-state index contributed by atoms with van der Waals surface area (Å²) in [7, 11) is 0. The second kappa shape index (κ2) is 5.27. The molecule has 17 heavy (non-hydrogen) atoms. The van der Waals surface area contributed by atoms with Crippen LogP contribution < -0.4 is 5.32 Å². The molecule has 6 heteroatoms. The second-order valence-corrected chi connectivity index (χ2v) is 4.78. The molecule has 0 spiro atoms. The van der Waals surface area contributed by atoms with Crippen molar-refractivity contribution in [1.29, 1.82) is 0 Å². The fourth-order valence-electron chi connectivity index (χ4n) is 1.49. The molecule has 3 amide bonds. The van der Waals surface area contributed by atoms with Crippen LogP contribution in [-0.2, 0) is 14.4 Å². The third-order valence-corrected chi connectivity index (χ3v) is 2.44. The van der Waals surface area contributed by atoms with Crippen LogP contribution in [0, 0.1) is 0 Å². The molecule has 0 saturated carbocycles. The van der Waals surface area contributed by atoms with Crippen LogP contribution in [0.4, 0.5) is 0 Å². The van der Waals surface area contributed by atoms with Gasteiger partial charge < -0.3 is 10.4 Å². The first kappa shape index (κ1) is 13.6. The molecular weight excluding hydrogens is 224 g/mol. The number of amides is 3. The summed E-state index contributed by atoms with van der Waals surface area (Å²) in [6, 6.07) is 0. The van der Waals surface area contributed by atoms with Crippen molar-refractivity contribution in [3.05, 3.63) is 0 Å². The molecule has 1 aliphatic rings. The second-order valence-electron chi connectivity index (χ2n) is 4.78. The van der Waals surface area contributed by atoms with Gasteiger partial charge in [0, 0.05) is 32.4 Å². The summed E-state index contributed by atoms with van der Waals surface area (Å²) in [5, 5.41) is 11.9. The highest BCUT2D eigenvalue weighted by Gasteiger charge is 2.28. The fourth-order valence-corrected chi connectivity index (χ4v) is 1.49. The van der Waals surface area contributed by atoms with Crippen LogP contribution in [-0.4, -0.2) is 46.4 Å². The molecule has 0 bridgehead atoms. The van der Waals surface area contributed by atoms with Gasteiger partial charge in [0.15, 0.2) is 0 Å². The number of nitrogens with one attached hydrogen (secondary N) is 1. The molecule has 2 N–H and O–H groups in total. The average Bonchev–Trinajstić information content (AvgIpc) is 2.52.